The van der Waals surface area contributed by atoms with E-state index in [4.69, 9.17) is 9.72 Å². The highest BCUT2D eigenvalue weighted by molar-refractivity contribution is 5.81. The summed E-state index contributed by atoms with van der Waals surface area (Å²) in [4.78, 5) is 20.0. The number of carbonyl (C=O) groups excluding carboxylic acids is 1. The van der Waals surface area contributed by atoms with Crippen molar-refractivity contribution in [1.82, 2.24) is 14.5 Å². The fraction of sp³-hybridized carbons (Fsp3) is 0.462. The number of amides is 1. The van der Waals surface area contributed by atoms with E-state index in [2.05, 4.69) is 46.8 Å². The molecule has 1 amide bonds. The molecule has 0 spiro atoms. The van der Waals surface area contributed by atoms with Crippen LogP contribution < -0.4 is 4.74 Å². The zero-order chi connectivity index (χ0) is 22.4. The second-order valence-corrected chi connectivity index (χ2v) is 8.98. The van der Waals surface area contributed by atoms with Crippen LogP contribution in [0.4, 0.5) is 0 Å². The van der Waals surface area contributed by atoms with Gasteiger partial charge >= 0.3 is 0 Å². The number of aryl methyl sites for hydroxylation is 1. The Labute approximate surface area is 186 Å². The number of nitrogens with zero attached hydrogens (tertiary/aromatic N) is 3. The quantitative estimate of drug-likeness (QED) is 0.445. The SMILES string of the molecule is CCc1ccc(OCc2nc3ccccc3n2CC(=O)N(CC(C)C)CC(C)C)cc1. The van der Waals surface area contributed by atoms with E-state index in [0.717, 1.165) is 42.1 Å². The molecular weight excluding hydrogens is 386 g/mol. The molecule has 0 saturated heterocycles. The van der Waals surface area contributed by atoms with E-state index in [0.29, 0.717) is 18.4 Å². The first kappa shape index (κ1) is 22.9. The molecule has 0 fully saturated rings. The number of imidazole rings is 1. The lowest BCUT2D eigenvalue weighted by Crippen LogP contribution is -2.39. The van der Waals surface area contributed by atoms with E-state index >= 15 is 0 Å². The lowest BCUT2D eigenvalue weighted by Gasteiger charge is -2.27. The Bertz CT molecular complexity index is 980. The molecule has 166 valence electrons. The zero-order valence-electron chi connectivity index (χ0n) is 19.5. The Morgan fingerprint density at radius 2 is 1.65 bits per heavy atom. The first-order chi connectivity index (χ1) is 14.9. The standard InChI is InChI=1S/C26H35N3O2/c1-6-21-11-13-22(14-12-21)31-18-25-27-23-9-7-8-10-24(23)29(25)17-26(30)28(15-19(2)3)16-20(4)5/h7-14,19-20H,6,15-18H2,1-5H3. The second-order valence-electron chi connectivity index (χ2n) is 8.98. The molecule has 3 aromatic rings. The van der Waals surface area contributed by atoms with E-state index in [1.165, 1.54) is 5.56 Å². The van der Waals surface area contributed by atoms with Gasteiger partial charge in [0.05, 0.1) is 11.0 Å². The molecule has 0 aliphatic rings. The van der Waals surface area contributed by atoms with Crippen molar-refractivity contribution in [3.63, 3.8) is 0 Å². The maximum absolute atomic E-state index is 13.3. The predicted octanol–water partition coefficient (Wildman–Crippen LogP) is 5.32. The van der Waals surface area contributed by atoms with Gasteiger partial charge in [-0.3, -0.25) is 4.79 Å². The molecule has 0 N–H and O–H groups in total. The average molecular weight is 422 g/mol. The van der Waals surface area contributed by atoms with Crippen molar-refractivity contribution in [1.29, 1.82) is 0 Å². The van der Waals surface area contributed by atoms with Crippen LogP contribution in [0.15, 0.2) is 48.5 Å². The minimum absolute atomic E-state index is 0.124. The van der Waals surface area contributed by atoms with Crippen molar-refractivity contribution in [2.75, 3.05) is 13.1 Å². The van der Waals surface area contributed by atoms with E-state index in [9.17, 15) is 4.79 Å². The smallest absolute Gasteiger partial charge is 0.242 e. The van der Waals surface area contributed by atoms with Gasteiger partial charge in [0, 0.05) is 13.1 Å². The van der Waals surface area contributed by atoms with Gasteiger partial charge in [-0.25, -0.2) is 4.98 Å². The third kappa shape index (κ3) is 6.09. The molecule has 5 heteroatoms. The molecule has 0 aliphatic carbocycles. The van der Waals surface area contributed by atoms with Crippen molar-refractivity contribution in [2.24, 2.45) is 11.8 Å². The van der Waals surface area contributed by atoms with E-state index in [-0.39, 0.29) is 12.5 Å². The maximum Gasteiger partial charge on any atom is 0.242 e. The zero-order valence-corrected chi connectivity index (χ0v) is 19.5. The summed E-state index contributed by atoms with van der Waals surface area (Å²) >= 11 is 0. The Kier molecular flexibility index (Phi) is 7.72. The van der Waals surface area contributed by atoms with Crippen LogP contribution in [-0.2, 0) is 24.4 Å². The number of hydrogen-bond donors (Lipinski definition) is 0. The van der Waals surface area contributed by atoms with Crippen LogP contribution in [0.5, 0.6) is 5.75 Å². The topological polar surface area (TPSA) is 47.4 Å². The highest BCUT2D eigenvalue weighted by atomic mass is 16.5. The lowest BCUT2D eigenvalue weighted by molar-refractivity contribution is -0.132. The summed E-state index contributed by atoms with van der Waals surface area (Å²) < 4.78 is 8.03. The summed E-state index contributed by atoms with van der Waals surface area (Å²) in [5, 5.41) is 0. The summed E-state index contributed by atoms with van der Waals surface area (Å²) in [5.41, 5.74) is 3.12. The maximum atomic E-state index is 13.3. The molecule has 0 unspecified atom stereocenters. The van der Waals surface area contributed by atoms with Crippen molar-refractivity contribution >= 4 is 16.9 Å². The summed E-state index contributed by atoms with van der Waals surface area (Å²) in [5.74, 6) is 2.55. The largest absolute Gasteiger partial charge is 0.486 e. The van der Waals surface area contributed by atoms with E-state index in [1.807, 2.05) is 45.9 Å². The number of aromatic nitrogens is 2. The Morgan fingerprint density at radius 3 is 2.26 bits per heavy atom. The van der Waals surface area contributed by atoms with Gasteiger partial charge in [-0.15, -0.1) is 0 Å². The van der Waals surface area contributed by atoms with Crippen LogP contribution in [0.1, 0.15) is 46.0 Å². The summed E-state index contributed by atoms with van der Waals surface area (Å²) in [6.45, 7) is 12.9. The second kappa shape index (κ2) is 10.5. The van der Waals surface area contributed by atoms with Gasteiger partial charge in [-0.05, 0) is 48.1 Å². The minimum Gasteiger partial charge on any atom is -0.486 e. The minimum atomic E-state index is 0.124. The first-order valence-corrected chi connectivity index (χ1v) is 11.3. The Balaban J connectivity index is 1.83. The van der Waals surface area contributed by atoms with Gasteiger partial charge in [-0.2, -0.15) is 0 Å². The van der Waals surface area contributed by atoms with Crippen LogP contribution in [0.3, 0.4) is 0 Å². The fourth-order valence-electron chi connectivity index (χ4n) is 3.78. The fourth-order valence-corrected chi connectivity index (χ4v) is 3.78. The molecule has 0 bridgehead atoms. The summed E-state index contributed by atoms with van der Waals surface area (Å²) in [6.07, 6.45) is 1.00. The monoisotopic (exact) mass is 421 g/mol. The molecule has 2 aromatic carbocycles. The Hall–Kier alpha value is -2.82. The predicted molar refractivity (Wildman–Crippen MR) is 126 cm³/mol. The van der Waals surface area contributed by atoms with E-state index < -0.39 is 0 Å². The van der Waals surface area contributed by atoms with Crippen molar-refractivity contribution < 1.29 is 9.53 Å². The lowest BCUT2D eigenvalue weighted by atomic mass is 10.1. The molecule has 31 heavy (non-hydrogen) atoms. The average Bonchev–Trinajstić information content (AvgIpc) is 3.09. The van der Waals surface area contributed by atoms with Gasteiger partial charge in [-0.1, -0.05) is 58.9 Å². The molecule has 0 atom stereocenters. The molecular formula is C26H35N3O2. The van der Waals surface area contributed by atoms with Gasteiger partial charge in [0.1, 0.15) is 24.7 Å². The Morgan fingerprint density at radius 1 is 1.00 bits per heavy atom. The van der Waals surface area contributed by atoms with Crippen molar-refractivity contribution in [2.45, 2.75) is 54.2 Å². The van der Waals surface area contributed by atoms with Gasteiger partial charge in [0.2, 0.25) is 5.91 Å². The normalized spacial score (nSPS) is 11.5. The molecule has 0 radical (unpaired) electrons. The van der Waals surface area contributed by atoms with Gasteiger partial charge in [0.25, 0.3) is 0 Å². The van der Waals surface area contributed by atoms with Crippen LogP contribution in [-0.4, -0.2) is 33.4 Å². The molecule has 1 heterocycles. The molecule has 0 aliphatic heterocycles. The van der Waals surface area contributed by atoms with Crippen molar-refractivity contribution in [3.05, 3.63) is 59.9 Å². The third-order valence-electron chi connectivity index (χ3n) is 5.25. The van der Waals surface area contributed by atoms with Crippen LogP contribution in [0.25, 0.3) is 11.0 Å². The molecule has 0 saturated carbocycles. The molecule has 1 aromatic heterocycles. The number of benzene rings is 2. The number of hydrogen-bond acceptors (Lipinski definition) is 3. The molecule has 3 rings (SSSR count). The number of ether oxygens (including phenoxy) is 1. The number of carbonyl (C=O) groups is 1. The highest BCUT2D eigenvalue weighted by Crippen LogP contribution is 2.20. The van der Waals surface area contributed by atoms with Crippen LogP contribution in [0, 0.1) is 11.8 Å². The molecule has 5 nitrogen and oxygen atoms in total. The van der Waals surface area contributed by atoms with Crippen LogP contribution >= 0.6 is 0 Å². The third-order valence-corrected chi connectivity index (χ3v) is 5.25. The highest BCUT2D eigenvalue weighted by Gasteiger charge is 2.20. The number of fused-ring (bicyclic) bond motifs is 1. The summed E-state index contributed by atoms with van der Waals surface area (Å²) in [7, 11) is 0. The summed E-state index contributed by atoms with van der Waals surface area (Å²) in [6, 6.07) is 16.1. The number of para-hydroxylation sites is 2. The first-order valence-electron chi connectivity index (χ1n) is 11.3. The van der Waals surface area contributed by atoms with E-state index in [1.54, 1.807) is 0 Å². The van der Waals surface area contributed by atoms with Gasteiger partial charge < -0.3 is 14.2 Å². The number of rotatable bonds is 10. The van der Waals surface area contributed by atoms with Crippen LogP contribution in [0.2, 0.25) is 0 Å². The van der Waals surface area contributed by atoms with Gasteiger partial charge in [0.15, 0.2) is 0 Å². The van der Waals surface area contributed by atoms with Crippen molar-refractivity contribution in [3.8, 4) is 5.75 Å².